The van der Waals surface area contributed by atoms with Gasteiger partial charge in [-0.15, -0.1) is 11.6 Å². The van der Waals surface area contributed by atoms with Crippen molar-refractivity contribution in [3.05, 3.63) is 71.8 Å². The number of benzene rings is 2. The van der Waals surface area contributed by atoms with Crippen molar-refractivity contribution in [2.24, 2.45) is 0 Å². The lowest BCUT2D eigenvalue weighted by Crippen LogP contribution is -2.33. The molecule has 1 N–H and O–H groups in total. The van der Waals surface area contributed by atoms with Gasteiger partial charge in [0.05, 0.1) is 6.04 Å². The Balaban J connectivity index is 2.32. The third kappa shape index (κ3) is 3.58. The van der Waals surface area contributed by atoms with E-state index in [1.807, 2.05) is 60.7 Å². The van der Waals surface area contributed by atoms with E-state index in [9.17, 15) is 4.79 Å². The number of rotatable bonds is 4. The first kappa shape index (κ1) is 13.6. The summed E-state index contributed by atoms with van der Waals surface area (Å²) in [5, 5.41) is 2.43. The molecule has 2 rings (SSSR count). The van der Waals surface area contributed by atoms with Crippen LogP contribution in [0.15, 0.2) is 60.7 Å². The molecule has 19 heavy (non-hydrogen) atoms. The van der Waals surface area contributed by atoms with Crippen LogP contribution >= 0.6 is 11.6 Å². The van der Waals surface area contributed by atoms with Gasteiger partial charge in [-0.25, -0.2) is 0 Å². The van der Waals surface area contributed by atoms with Gasteiger partial charge in [-0.1, -0.05) is 60.7 Å². The van der Waals surface area contributed by atoms with Gasteiger partial charge in [0, 0.05) is 0 Å². The summed E-state index contributed by atoms with van der Waals surface area (Å²) in [6.45, 7) is 1.67. The molecule has 2 aromatic carbocycles. The fraction of sp³-hybridized carbons (Fsp3) is 0.188. The molecule has 2 aromatic rings. The number of hydrogen-bond donors (Lipinski definition) is 1. The summed E-state index contributed by atoms with van der Waals surface area (Å²) < 4.78 is 0. The Hall–Kier alpha value is -1.80. The van der Waals surface area contributed by atoms with Crippen LogP contribution in [0, 0.1) is 0 Å². The highest BCUT2D eigenvalue weighted by molar-refractivity contribution is 6.30. The molecule has 0 aromatic heterocycles. The highest BCUT2D eigenvalue weighted by atomic mass is 35.5. The maximum atomic E-state index is 11.9. The quantitative estimate of drug-likeness (QED) is 0.849. The van der Waals surface area contributed by atoms with Gasteiger partial charge in [0.1, 0.15) is 5.38 Å². The minimum absolute atomic E-state index is 0.167. The van der Waals surface area contributed by atoms with E-state index in [0.29, 0.717) is 0 Å². The van der Waals surface area contributed by atoms with Gasteiger partial charge < -0.3 is 5.32 Å². The first-order valence-electron chi connectivity index (χ1n) is 6.23. The highest BCUT2D eigenvalue weighted by Crippen LogP contribution is 2.22. The van der Waals surface area contributed by atoms with Gasteiger partial charge in [0.2, 0.25) is 5.91 Å². The molecule has 0 fully saturated rings. The smallest absolute Gasteiger partial charge is 0.238 e. The van der Waals surface area contributed by atoms with Crippen LogP contribution in [0.2, 0.25) is 0 Å². The molecule has 3 heteroatoms. The third-order valence-electron chi connectivity index (χ3n) is 2.91. The summed E-state index contributed by atoms with van der Waals surface area (Å²) in [6.07, 6.45) is 0. The molecule has 0 saturated carbocycles. The Morgan fingerprint density at radius 3 is 1.74 bits per heavy atom. The Morgan fingerprint density at radius 2 is 1.37 bits per heavy atom. The molecule has 0 saturated heterocycles. The number of hydrogen-bond acceptors (Lipinski definition) is 1. The van der Waals surface area contributed by atoms with E-state index in [1.54, 1.807) is 6.92 Å². The Bertz CT molecular complexity index is 485. The SMILES string of the molecule is C[C@@H](Cl)C(=O)NC(c1ccccc1)c1ccccc1. The molecular weight excluding hydrogens is 258 g/mol. The van der Waals surface area contributed by atoms with E-state index in [4.69, 9.17) is 11.6 Å². The van der Waals surface area contributed by atoms with Crippen LogP contribution < -0.4 is 5.32 Å². The van der Waals surface area contributed by atoms with Crippen molar-refractivity contribution >= 4 is 17.5 Å². The number of nitrogens with one attached hydrogen (secondary N) is 1. The van der Waals surface area contributed by atoms with Crippen LogP contribution in [0.1, 0.15) is 24.1 Å². The molecule has 98 valence electrons. The lowest BCUT2D eigenvalue weighted by Gasteiger charge is -2.20. The molecule has 0 bridgehead atoms. The molecule has 0 spiro atoms. The number of carbonyl (C=O) groups excluding carboxylic acids is 1. The topological polar surface area (TPSA) is 29.1 Å². The summed E-state index contributed by atoms with van der Waals surface area (Å²) in [5.41, 5.74) is 2.08. The molecule has 1 amide bonds. The van der Waals surface area contributed by atoms with Crippen molar-refractivity contribution in [1.29, 1.82) is 0 Å². The van der Waals surface area contributed by atoms with Crippen LogP contribution in [0.25, 0.3) is 0 Å². The Morgan fingerprint density at radius 1 is 0.947 bits per heavy atom. The molecule has 0 aliphatic carbocycles. The van der Waals surface area contributed by atoms with Gasteiger partial charge >= 0.3 is 0 Å². The fourth-order valence-electron chi connectivity index (χ4n) is 1.91. The maximum Gasteiger partial charge on any atom is 0.238 e. The molecule has 2 nitrogen and oxygen atoms in total. The fourth-order valence-corrected chi connectivity index (χ4v) is 1.97. The largest absolute Gasteiger partial charge is 0.344 e. The highest BCUT2D eigenvalue weighted by Gasteiger charge is 2.18. The first-order chi connectivity index (χ1) is 9.18. The average molecular weight is 274 g/mol. The standard InChI is InChI=1S/C16H16ClNO/c1-12(17)16(19)18-15(13-8-4-2-5-9-13)14-10-6-3-7-11-14/h2-12,15H,1H3,(H,18,19)/t12-/m1/s1. The minimum Gasteiger partial charge on any atom is -0.344 e. The summed E-state index contributed by atoms with van der Waals surface area (Å²) in [5.74, 6) is -0.167. The zero-order valence-electron chi connectivity index (χ0n) is 10.7. The summed E-state index contributed by atoms with van der Waals surface area (Å²) in [4.78, 5) is 11.9. The van der Waals surface area contributed by atoms with Crippen LogP contribution in [-0.2, 0) is 4.79 Å². The van der Waals surface area contributed by atoms with Crippen LogP contribution in [0.4, 0.5) is 0 Å². The predicted molar refractivity (Wildman–Crippen MR) is 78.2 cm³/mol. The van der Waals surface area contributed by atoms with Crippen molar-refractivity contribution in [1.82, 2.24) is 5.32 Å². The summed E-state index contributed by atoms with van der Waals surface area (Å²) in [7, 11) is 0. The number of alkyl halides is 1. The van der Waals surface area contributed by atoms with Crippen LogP contribution in [-0.4, -0.2) is 11.3 Å². The zero-order valence-corrected chi connectivity index (χ0v) is 11.5. The van der Waals surface area contributed by atoms with Gasteiger partial charge in [-0.05, 0) is 18.1 Å². The predicted octanol–water partition coefficient (Wildman–Crippen LogP) is 3.52. The van der Waals surface area contributed by atoms with E-state index in [0.717, 1.165) is 11.1 Å². The first-order valence-corrected chi connectivity index (χ1v) is 6.66. The molecule has 1 atom stereocenters. The molecular formula is C16H16ClNO. The van der Waals surface area contributed by atoms with E-state index in [-0.39, 0.29) is 11.9 Å². The van der Waals surface area contributed by atoms with Crippen molar-refractivity contribution in [3.63, 3.8) is 0 Å². The van der Waals surface area contributed by atoms with E-state index < -0.39 is 5.38 Å². The number of halogens is 1. The second kappa shape index (κ2) is 6.39. The van der Waals surface area contributed by atoms with Crippen molar-refractivity contribution in [3.8, 4) is 0 Å². The van der Waals surface area contributed by atoms with E-state index in [1.165, 1.54) is 0 Å². The number of amides is 1. The molecule has 0 unspecified atom stereocenters. The average Bonchev–Trinajstić information content (AvgIpc) is 2.46. The summed E-state index contributed by atoms with van der Waals surface area (Å²) in [6, 6.07) is 19.6. The Kier molecular flexibility index (Phi) is 4.58. The van der Waals surface area contributed by atoms with Crippen molar-refractivity contribution in [2.75, 3.05) is 0 Å². The van der Waals surface area contributed by atoms with Gasteiger partial charge in [-0.3, -0.25) is 4.79 Å². The minimum atomic E-state index is -0.546. The molecule has 0 heterocycles. The van der Waals surface area contributed by atoms with E-state index in [2.05, 4.69) is 5.32 Å². The second-order valence-electron chi connectivity index (χ2n) is 4.38. The molecule has 0 radical (unpaired) electrons. The summed E-state index contributed by atoms with van der Waals surface area (Å²) >= 11 is 5.84. The molecule has 0 aliphatic heterocycles. The number of carbonyl (C=O) groups is 1. The van der Waals surface area contributed by atoms with Gasteiger partial charge in [-0.2, -0.15) is 0 Å². The zero-order chi connectivity index (χ0) is 13.7. The van der Waals surface area contributed by atoms with Gasteiger partial charge in [0.15, 0.2) is 0 Å². The Labute approximate surface area is 118 Å². The van der Waals surface area contributed by atoms with Crippen LogP contribution in [0.3, 0.4) is 0 Å². The third-order valence-corrected chi connectivity index (χ3v) is 3.11. The normalized spacial score (nSPS) is 12.2. The van der Waals surface area contributed by atoms with Crippen molar-refractivity contribution in [2.45, 2.75) is 18.3 Å². The molecule has 0 aliphatic rings. The maximum absolute atomic E-state index is 11.9. The lowest BCUT2D eigenvalue weighted by molar-refractivity contribution is -0.120. The van der Waals surface area contributed by atoms with E-state index >= 15 is 0 Å². The van der Waals surface area contributed by atoms with Crippen LogP contribution in [0.5, 0.6) is 0 Å². The second-order valence-corrected chi connectivity index (χ2v) is 5.03. The monoisotopic (exact) mass is 273 g/mol. The lowest BCUT2D eigenvalue weighted by atomic mass is 9.98. The van der Waals surface area contributed by atoms with Crippen molar-refractivity contribution < 1.29 is 4.79 Å². The van der Waals surface area contributed by atoms with Gasteiger partial charge in [0.25, 0.3) is 0 Å².